The van der Waals surface area contributed by atoms with E-state index in [1.54, 1.807) is 0 Å². The molecule has 0 radical (unpaired) electrons. The Hall–Kier alpha value is -0.480. The largest absolute Gasteiger partial charge is 0.329 e. The Labute approximate surface area is 103 Å². The van der Waals surface area contributed by atoms with Gasteiger partial charge in [-0.1, -0.05) is 26.7 Å². The summed E-state index contributed by atoms with van der Waals surface area (Å²) in [7, 11) is 0. The summed E-state index contributed by atoms with van der Waals surface area (Å²) in [6.07, 6.45) is 4.50. The Kier molecular flexibility index (Phi) is 5.91. The predicted molar refractivity (Wildman–Crippen MR) is 70.8 cm³/mol. The third-order valence-corrected chi connectivity index (χ3v) is 4.38. The zero-order valence-electron chi connectivity index (χ0n) is 10.6. The van der Waals surface area contributed by atoms with Crippen molar-refractivity contribution in [2.45, 2.75) is 45.1 Å². The molecule has 0 aliphatic rings. The Morgan fingerprint density at radius 3 is 2.69 bits per heavy atom. The van der Waals surface area contributed by atoms with Crippen molar-refractivity contribution in [1.82, 2.24) is 9.78 Å². The maximum Gasteiger partial charge on any atom is 0.0628 e. The first kappa shape index (κ1) is 13.6. The summed E-state index contributed by atoms with van der Waals surface area (Å²) in [6.45, 7) is 8.12. The van der Waals surface area contributed by atoms with Gasteiger partial charge < -0.3 is 5.73 Å². The van der Waals surface area contributed by atoms with Crippen LogP contribution in [0.5, 0.6) is 0 Å². The molecule has 0 atom stereocenters. The van der Waals surface area contributed by atoms with Crippen molar-refractivity contribution in [3.63, 3.8) is 0 Å². The van der Waals surface area contributed by atoms with Crippen molar-refractivity contribution >= 4 is 11.8 Å². The van der Waals surface area contributed by atoms with Gasteiger partial charge in [-0.3, -0.25) is 4.68 Å². The molecule has 1 heterocycles. The first-order valence-corrected chi connectivity index (χ1v) is 7.06. The van der Waals surface area contributed by atoms with Crippen LogP contribution < -0.4 is 5.73 Å². The van der Waals surface area contributed by atoms with E-state index in [9.17, 15) is 0 Å². The fourth-order valence-corrected chi connectivity index (χ4v) is 2.97. The topological polar surface area (TPSA) is 43.8 Å². The summed E-state index contributed by atoms with van der Waals surface area (Å²) in [5.41, 5.74) is 6.79. The van der Waals surface area contributed by atoms with Gasteiger partial charge in [0.1, 0.15) is 0 Å². The monoisotopic (exact) mass is 241 g/mol. The molecule has 0 unspecified atom stereocenters. The molecular weight excluding hydrogens is 218 g/mol. The van der Waals surface area contributed by atoms with Crippen LogP contribution in [-0.4, -0.2) is 22.1 Å². The molecule has 0 fully saturated rings. The molecule has 16 heavy (non-hydrogen) atoms. The molecule has 1 rings (SSSR count). The van der Waals surface area contributed by atoms with Crippen LogP contribution in [0.1, 0.15) is 32.4 Å². The zero-order chi connectivity index (χ0) is 12.0. The number of hydrogen-bond acceptors (Lipinski definition) is 3. The smallest absolute Gasteiger partial charge is 0.0628 e. The van der Waals surface area contributed by atoms with Crippen LogP contribution in [0.2, 0.25) is 0 Å². The average molecular weight is 241 g/mol. The molecule has 92 valence electrons. The molecule has 1 aromatic heterocycles. The third kappa shape index (κ3) is 3.52. The number of thioether (sulfide) groups is 1. The lowest BCUT2D eigenvalue weighted by molar-refractivity contribution is 0.553. The molecular formula is C12H23N3S. The van der Waals surface area contributed by atoms with Crippen LogP contribution >= 0.6 is 11.8 Å². The summed E-state index contributed by atoms with van der Waals surface area (Å²) in [4.78, 5) is 1.31. The fraction of sp³-hybridized carbons (Fsp3) is 0.750. The number of nitrogens with zero attached hydrogens (tertiary/aromatic N) is 2. The van der Waals surface area contributed by atoms with E-state index in [4.69, 9.17) is 5.73 Å². The lowest BCUT2D eigenvalue weighted by Gasteiger charge is -2.11. The van der Waals surface area contributed by atoms with E-state index in [0.717, 1.165) is 12.5 Å². The minimum atomic E-state index is 0.652. The Morgan fingerprint density at radius 1 is 1.44 bits per heavy atom. The highest BCUT2D eigenvalue weighted by molar-refractivity contribution is 7.99. The van der Waals surface area contributed by atoms with Crippen LogP contribution in [0.25, 0.3) is 0 Å². The molecule has 0 saturated heterocycles. The third-order valence-electron chi connectivity index (χ3n) is 3.03. The van der Waals surface area contributed by atoms with Crippen LogP contribution in [0.15, 0.2) is 11.1 Å². The number of rotatable bonds is 7. The Bertz CT molecular complexity index is 305. The highest BCUT2D eigenvalue weighted by atomic mass is 32.2. The van der Waals surface area contributed by atoms with Crippen molar-refractivity contribution in [3.05, 3.63) is 11.9 Å². The van der Waals surface area contributed by atoms with Crippen molar-refractivity contribution in [1.29, 1.82) is 0 Å². The molecule has 4 heteroatoms. The van der Waals surface area contributed by atoms with Crippen molar-refractivity contribution in [2.75, 3.05) is 12.3 Å². The summed E-state index contributed by atoms with van der Waals surface area (Å²) in [5, 5.41) is 4.35. The molecule has 0 aromatic carbocycles. The second kappa shape index (κ2) is 6.97. The summed E-state index contributed by atoms with van der Waals surface area (Å²) < 4.78 is 2.00. The lowest BCUT2D eigenvalue weighted by Crippen LogP contribution is -2.12. The molecule has 0 spiro atoms. The molecule has 0 amide bonds. The molecule has 2 N–H and O–H groups in total. The molecule has 0 aliphatic heterocycles. The van der Waals surface area contributed by atoms with Gasteiger partial charge in [0.25, 0.3) is 0 Å². The van der Waals surface area contributed by atoms with Gasteiger partial charge in [-0.2, -0.15) is 5.10 Å². The fourth-order valence-electron chi connectivity index (χ4n) is 1.65. The molecule has 0 saturated carbocycles. The van der Waals surface area contributed by atoms with Crippen molar-refractivity contribution in [2.24, 2.45) is 11.7 Å². The SMILES string of the molecule is CCC(CC)CSc1cnn(CCN)c1C. The van der Waals surface area contributed by atoms with Gasteiger partial charge in [0.2, 0.25) is 0 Å². The maximum atomic E-state index is 5.54. The second-order valence-corrected chi connectivity index (χ2v) is 5.16. The lowest BCUT2D eigenvalue weighted by atomic mass is 10.1. The first-order valence-electron chi connectivity index (χ1n) is 6.08. The molecule has 0 bridgehead atoms. The van der Waals surface area contributed by atoms with Crippen LogP contribution in [-0.2, 0) is 6.54 Å². The van der Waals surface area contributed by atoms with Crippen molar-refractivity contribution < 1.29 is 0 Å². The predicted octanol–water partition coefficient (Wildman–Crippen LogP) is 2.68. The Morgan fingerprint density at radius 2 is 2.12 bits per heavy atom. The van der Waals surface area contributed by atoms with E-state index in [-0.39, 0.29) is 0 Å². The summed E-state index contributed by atoms with van der Waals surface area (Å²) >= 11 is 1.93. The summed E-state index contributed by atoms with van der Waals surface area (Å²) in [6, 6.07) is 0. The van der Waals surface area contributed by atoms with Gasteiger partial charge in [-0.25, -0.2) is 0 Å². The average Bonchev–Trinajstić information content (AvgIpc) is 2.63. The van der Waals surface area contributed by atoms with Gasteiger partial charge in [-0.05, 0) is 12.8 Å². The van der Waals surface area contributed by atoms with Gasteiger partial charge in [0.05, 0.1) is 12.7 Å². The van der Waals surface area contributed by atoms with Gasteiger partial charge >= 0.3 is 0 Å². The van der Waals surface area contributed by atoms with Gasteiger partial charge in [-0.15, -0.1) is 11.8 Å². The number of hydrogen-bond donors (Lipinski definition) is 1. The van der Waals surface area contributed by atoms with Crippen LogP contribution in [0, 0.1) is 12.8 Å². The van der Waals surface area contributed by atoms with E-state index in [1.165, 1.54) is 29.2 Å². The summed E-state index contributed by atoms with van der Waals surface area (Å²) in [5.74, 6) is 2.02. The van der Waals surface area contributed by atoms with Crippen LogP contribution in [0.4, 0.5) is 0 Å². The van der Waals surface area contributed by atoms with Crippen molar-refractivity contribution in [3.8, 4) is 0 Å². The number of nitrogens with two attached hydrogens (primary N) is 1. The highest BCUT2D eigenvalue weighted by Gasteiger charge is 2.09. The van der Waals surface area contributed by atoms with E-state index < -0.39 is 0 Å². The molecule has 0 aliphatic carbocycles. The normalized spacial score (nSPS) is 11.3. The quantitative estimate of drug-likeness (QED) is 0.746. The maximum absolute atomic E-state index is 5.54. The van der Waals surface area contributed by atoms with E-state index in [2.05, 4.69) is 25.9 Å². The van der Waals surface area contributed by atoms with E-state index in [1.807, 2.05) is 22.6 Å². The minimum Gasteiger partial charge on any atom is -0.329 e. The second-order valence-electron chi connectivity index (χ2n) is 4.10. The molecule has 1 aromatic rings. The first-order chi connectivity index (χ1) is 7.72. The van der Waals surface area contributed by atoms with Gasteiger partial charge in [0, 0.05) is 22.9 Å². The Balaban J connectivity index is 2.54. The van der Waals surface area contributed by atoms with Gasteiger partial charge in [0.15, 0.2) is 0 Å². The minimum absolute atomic E-state index is 0.652. The highest BCUT2D eigenvalue weighted by Crippen LogP contribution is 2.26. The van der Waals surface area contributed by atoms with E-state index in [0.29, 0.717) is 6.54 Å². The molecule has 3 nitrogen and oxygen atoms in total. The standard InChI is InChI=1S/C12H23N3S/c1-4-11(5-2)9-16-12-8-14-15(7-6-13)10(12)3/h8,11H,4-7,9,13H2,1-3H3. The van der Waals surface area contributed by atoms with Crippen LogP contribution in [0.3, 0.4) is 0 Å². The van der Waals surface area contributed by atoms with E-state index >= 15 is 0 Å². The zero-order valence-corrected chi connectivity index (χ0v) is 11.4. The number of aromatic nitrogens is 2.